The number of ether oxygens (including phenoxy) is 3. The van der Waals surface area contributed by atoms with Gasteiger partial charge in [-0.1, -0.05) is 12.5 Å². The van der Waals surface area contributed by atoms with Gasteiger partial charge in [0.2, 0.25) is 12.0 Å². The van der Waals surface area contributed by atoms with Crippen LogP contribution in [0, 0.1) is 0 Å². The normalized spacial score (nSPS) is 27.3. The molecule has 1 aromatic carbocycles. The number of carboxylic acids is 1. The summed E-state index contributed by atoms with van der Waals surface area (Å²) in [5.41, 5.74) is 4.89. The van der Waals surface area contributed by atoms with Crippen LogP contribution in [0.3, 0.4) is 0 Å². The third kappa shape index (κ3) is 5.45. The first-order valence-corrected chi connectivity index (χ1v) is 14.8. The minimum atomic E-state index is -1.80. The maximum Gasteiger partial charge on any atom is 0.345 e. The van der Waals surface area contributed by atoms with Crippen molar-refractivity contribution in [3.05, 3.63) is 35.1 Å². The van der Waals surface area contributed by atoms with Crippen LogP contribution in [0.25, 0.3) is 0 Å². The molecule has 43 heavy (non-hydrogen) atoms. The fraction of sp³-hybridized carbons (Fsp3) is 0.600. The van der Waals surface area contributed by atoms with Gasteiger partial charge in [-0.25, -0.2) is 4.79 Å². The largest absolute Gasteiger partial charge is 0.504 e. The number of unbranched alkanes of at least 4 members (excludes halogenated alkanes) is 2. The summed E-state index contributed by atoms with van der Waals surface area (Å²) < 4.78 is 16.9. The Morgan fingerprint density at radius 3 is 2.72 bits per heavy atom. The lowest BCUT2D eigenvalue weighted by Gasteiger charge is -2.61. The van der Waals surface area contributed by atoms with E-state index in [1.807, 2.05) is 13.1 Å². The molecule has 234 valence electrons. The summed E-state index contributed by atoms with van der Waals surface area (Å²) in [5.74, 6) is -3.30. The maximum absolute atomic E-state index is 13.0. The number of nitrogens with two attached hydrogens (primary N) is 1. The number of nitrogens with zero attached hydrogens (tertiary/aromatic N) is 1. The van der Waals surface area contributed by atoms with Gasteiger partial charge in [0, 0.05) is 31.0 Å². The number of esters is 2. The van der Waals surface area contributed by atoms with Gasteiger partial charge in [-0.05, 0) is 63.5 Å². The van der Waals surface area contributed by atoms with Crippen molar-refractivity contribution in [2.45, 2.75) is 87.1 Å². The van der Waals surface area contributed by atoms with E-state index in [0.29, 0.717) is 38.8 Å². The maximum atomic E-state index is 13.0. The Morgan fingerprint density at radius 1 is 1.19 bits per heavy atom. The van der Waals surface area contributed by atoms with Crippen LogP contribution in [0.4, 0.5) is 0 Å². The van der Waals surface area contributed by atoms with E-state index < -0.39 is 47.6 Å². The summed E-state index contributed by atoms with van der Waals surface area (Å²) in [5, 5.41) is 35.0. The van der Waals surface area contributed by atoms with E-state index in [0.717, 1.165) is 24.0 Å². The summed E-state index contributed by atoms with van der Waals surface area (Å²) in [4.78, 5) is 51.1. The Kier molecular flexibility index (Phi) is 8.68. The lowest BCUT2D eigenvalue weighted by molar-refractivity contribution is -0.173. The quantitative estimate of drug-likeness (QED) is 0.156. The molecule has 13 heteroatoms. The van der Waals surface area contributed by atoms with Crippen molar-refractivity contribution in [1.29, 1.82) is 0 Å². The number of aromatic hydroxyl groups is 1. The van der Waals surface area contributed by atoms with Crippen LogP contribution in [-0.4, -0.2) is 94.6 Å². The van der Waals surface area contributed by atoms with Gasteiger partial charge >= 0.3 is 17.9 Å². The number of hydrogen-bond donors (Lipinski definition) is 5. The SMILES string of the molecule is CN1CC[C@]23c4c5ccc(O)c4O[C@H]2C(OC(=O)CC(OC(=O)CCNC(=O)CCCCCN)C(=O)O)=CC[C@@]3(O)[C@H]1C5. The second kappa shape index (κ2) is 12.1. The molecule has 1 fully saturated rings. The highest BCUT2D eigenvalue weighted by molar-refractivity contribution is 5.84. The zero-order valence-corrected chi connectivity index (χ0v) is 24.2. The molecule has 1 amide bonds. The Hall–Kier alpha value is -3.68. The van der Waals surface area contributed by atoms with Gasteiger partial charge in [-0.3, -0.25) is 14.4 Å². The Labute approximate surface area is 248 Å². The highest BCUT2D eigenvalue weighted by Crippen LogP contribution is 2.65. The topological polar surface area (TPSA) is 198 Å². The first-order chi connectivity index (χ1) is 20.5. The predicted molar refractivity (Wildman–Crippen MR) is 150 cm³/mol. The molecule has 2 heterocycles. The van der Waals surface area contributed by atoms with Crippen molar-refractivity contribution in [2.24, 2.45) is 5.73 Å². The number of benzene rings is 1. The number of phenols is 1. The third-order valence-corrected chi connectivity index (χ3v) is 9.25. The fourth-order valence-electron chi connectivity index (χ4n) is 7.16. The number of likely N-dealkylation sites (tertiary alicyclic amines) is 1. The molecule has 1 saturated heterocycles. The average Bonchev–Trinajstić information content (AvgIpc) is 3.32. The number of rotatable bonds is 13. The molecular formula is C30H39N3O10. The number of amides is 1. The van der Waals surface area contributed by atoms with Crippen molar-refractivity contribution in [2.75, 3.05) is 26.7 Å². The highest BCUT2D eigenvalue weighted by Gasteiger charge is 2.72. The van der Waals surface area contributed by atoms with Crippen molar-refractivity contribution in [3.8, 4) is 11.5 Å². The van der Waals surface area contributed by atoms with Gasteiger partial charge in [0.25, 0.3) is 0 Å². The predicted octanol–water partition coefficient (Wildman–Crippen LogP) is 0.625. The van der Waals surface area contributed by atoms with E-state index >= 15 is 0 Å². The molecule has 1 aromatic rings. The second-order valence-corrected chi connectivity index (χ2v) is 11.8. The van der Waals surface area contributed by atoms with Crippen molar-refractivity contribution >= 4 is 23.8 Å². The monoisotopic (exact) mass is 601 g/mol. The average molecular weight is 602 g/mol. The Balaban J connectivity index is 1.22. The first-order valence-electron chi connectivity index (χ1n) is 14.8. The fourth-order valence-corrected chi connectivity index (χ4v) is 7.16. The van der Waals surface area contributed by atoms with Crippen molar-refractivity contribution in [1.82, 2.24) is 10.2 Å². The van der Waals surface area contributed by atoms with E-state index in [4.69, 9.17) is 19.9 Å². The second-order valence-electron chi connectivity index (χ2n) is 11.8. The zero-order chi connectivity index (χ0) is 30.9. The van der Waals surface area contributed by atoms with Gasteiger partial charge in [0.15, 0.2) is 17.6 Å². The third-order valence-electron chi connectivity index (χ3n) is 9.25. The molecule has 1 spiro atoms. The summed E-state index contributed by atoms with van der Waals surface area (Å²) in [7, 11) is 1.96. The summed E-state index contributed by atoms with van der Waals surface area (Å²) in [6.45, 7) is 1.17. The van der Waals surface area contributed by atoms with E-state index in [-0.39, 0.29) is 48.6 Å². The summed E-state index contributed by atoms with van der Waals surface area (Å²) >= 11 is 0. The van der Waals surface area contributed by atoms with Gasteiger partial charge in [0.05, 0.1) is 23.9 Å². The van der Waals surface area contributed by atoms with E-state index in [9.17, 15) is 34.5 Å². The summed E-state index contributed by atoms with van der Waals surface area (Å²) in [6.07, 6.45) is 1.66. The van der Waals surface area contributed by atoms with E-state index in [1.54, 1.807) is 12.1 Å². The number of carbonyl (C=O) groups is 4. The Morgan fingerprint density at radius 2 is 1.98 bits per heavy atom. The molecule has 0 saturated carbocycles. The molecule has 5 atom stereocenters. The van der Waals surface area contributed by atoms with E-state index in [2.05, 4.69) is 10.2 Å². The van der Waals surface area contributed by atoms with Crippen LogP contribution in [0.1, 0.15) is 62.5 Å². The minimum Gasteiger partial charge on any atom is -0.504 e. The molecule has 4 aliphatic rings. The lowest BCUT2D eigenvalue weighted by Crippen LogP contribution is -2.74. The molecule has 2 aliphatic heterocycles. The molecule has 2 aliphatic carbocycles. The number of nitrogens with one attached hydrogen (secondary N) is 1. The number of likely N-dealkylation sites (N-methyl/N-ethyl adjacent to an activating group) is 1. The van der Waals surface area contributed by atoms with Crippen LogP contribution in [0.2, 0.25) is 0 Å². The van der Waals surface area contributed by atoms with Gasteiger partial charge in [-0.15, -0.1) is 0 Å². The number of aliphatic carboxylic acids is 1. The molecule has 6 N–H and O–H groups in total. The molecule has 5 rings (SSSR count). The molecule has 13 nitrogen and oxygen atoms in total. The van der Waals surface area contributed by atoms with Crippen LogP contribution in [0.5, 0.6) is 11.5 Å². The van der Waals surface area contributed by atoms with Crippen LogP contribution >= 0.6 is 0 Å². The van der Waals surface area contributed by atoms with Crippen LogP contribution in [0.15, 0.2) is 24.0 Å². The molecular weight excluding hydrogens is 562 g/mol. The number of carbonyl (C=O) groups excluding carboxylic acids is 3. The highest BCUT2D eigenvalue weighted by atomic mass is 16.6. The van der Waals surface area contributed by atoms with Gasteiger partial charge < -0.3 is 45.5 Å². The minimum absolute atomic E-state index is 0.0339. The van der Waals surface area contributed by atoms with E-state index in [1.165, 1.54) is 0 Å². The molecule has 0 radical (unpaired) electrons. The zero-order valence-electron chi connectivity index (χ0n) is 24.2. The van der Waals surface area contributed by atoms with Crippen molar-refractivity contribution in [3.63, 3.8) is 0 Å². The summed E-state index contributed by atoms with van der Waals surface area (Å²) in [6, 6.07) is 3.16. The molecule has 1 unspecified atom stereocenters. The van der Waals surface area contributed by atoms with Crippen molar-refractivity contribution < 1.29 is 48.7 Å². The van der Waals surface area contributed by atoms with Gasteiger partial charge in [-0.2, -0.15) is 0 Å². The molecule has 2 bridgehead atoms. The number of phenolic OH excluding ortho intramolecular Hbond substituents is 1. The molecule has 0 aromatic heterocycles. The van der Waals surface area contributed by atoms with Crippen LogP contribution in [-0.2, 0) is 40.5 Å². The van der Waals surface area contributed by atoms with Crippen LogP contribution < -0.4 is 15.8 Å². The number of aliphatic hydroxyl groups is 1. The standard InChI is InChI=1S/C30H39N3O10/c1-33-14-11-29-25-17-6-7-18(34)26(25)43-27(29)19(8-10-30(29,40)21(33)15-17)41-24(37)16-20(28(38)39)42-23(36)9-13-32-22(35)5-3-2-4-12-31/h6-8,20-21,27,34,40H,2-5,9-16,31H2,1H3,(H,32,35)(H,38,39)/t20?,21-,27+,29+,30-/m1/s1. The smallest absolute Gasteiger partial charge is 0.345 e. The number of hydrogen-bond acceptors (Lipinski definition) is 11. The first kappa shape index (κ1) is 30.8. The Bertz CT molecular complexity index is 1330. The number of carboxylic acid groups (broad SMARTS) is 1. The number of piperidine rings is 1. The van der Waals surface area contributed by atoms with Gasteiger partial charge in [0.1, 0.15) is 5.76 Å². The lowest BCUT2D eigenvalue weighted by atomic mass is 9.50.